The summed E-state index contributed by atoms with van der Waals surface area (Å²) in [6.07, 6.45) is 4.39. The smallest absolute Gasteiger partial charge is 0.0892 e. The van der Waals surface area contributed by atoms with Crippen molar-refractivity contribution in [2.75, 3.05) is 13.1 Å². The normalized spacial score (nSPS) is 48.2. The lowest BCUT2D eigenvalue weighted by molar-refractivity contribution is -0.987. The predicted octanol–water partition coefficient (Wildman–Crippen LogP) is 3.69. The van der Waals surface area contributed by atoms with Crippen LogP contribution < -0.4 is 0 Å². The average Bonchev–Trinajstić information content (AvgIpc) is 2.33. The summed E-state index contributed by atoms with van der Waals surface area (Å²) in [5.41, 5.74) is 0. The fourth-order valence-corrected chi connectivity index (χ4v) is 4.58. The minimum absolute atomic E-state index is 0.876. The molecule has 2 aliphatic rings. The second-order valence-corrected chi connectivity index (χ2v) is 6.67. The summed E-state index contributed by atoms with van der Waals surface area (Å²) >= 11 is 0. The zero-order chi connectivity index (χ0) is 11.9. The highest BCUT2D eigenvalue weighted by Crippen LogP contribution is 2.43. The van der Waals surface area contributed by atoms with Gasteiger partial charge in [-0.05, 0) is 39.0 Å². The predicted molar refractivity (Wildman–Crippen MR) is 70.3 cm³/mol. The third-order valence-corrected chi connectivity index (χ3v) is 6.45. The van der Waals surface area contributed by atoms with Gasteiger partial charge in [-0.3, -0.25) is 0 Å². The van der Waals surface area contributed by atoms with Gasteiger partial charge in [-0.25, -0.2) is 0 Å². The molecule has 0 aliphatic carbocycles. The molecule has 2 heterocycles. The van der Waals surface area contributed by atoms with Crippen LogP contribution in [0.5, 0.6) is 0 Å². The molecule has 0 aromatic carbocycles. The van der Waals surface area contributed by atoms with Crippen LogP contribution >= 0.6 is 0 Å². The Balaban J connectivity index is 2.28. The fraction of sp³-hybridized carbons (Fsp3) is 1.00. The molecule has 1 heteroatoms. The second-order valence-electron chi connectivity index (χ2n) is 6.67. The van der Waals surface area contributed by atoms with Crippen molar-refractivity contribution in [2.45, 2.75) is 66.0 Å². The molecule has 2 saturated heterocycles. The van der Waals surface area contributed by atoms with Crippen LogP contribution in [0.4, 0.5) is 0 Å². The van der Waals surface area contributed by atoms with E-state index in [2.05, 4.69) is 34.6 Å². The van der Waals surface area contributed by atoms with E-state index in [4.69, 9.17) is 0 Å². The summed E-state index contributed by atoms with van der Waals surface area (Å²) in [5, 5.41) is 0. The van der Waals surface area contributed by atoms with Gasteiger partial charge in [0.1, 0.15) is 0 Å². The molecule has 0 radical (unpaired) electrons. The minimum atomic E-state index is 0.876. The van der Waals surface area contributed by atoms with Crippen LogP contribution in [-0.2, 0) is 0 Å². The third kappa shape index (κ3) is 1.63. The minimum Gasteiger partial charge on any atom is -0.319 e. The van der Waals surface area contributed by atoms with E-state index in [1.807, 2.05) is 0 Å². The van der Waals surface area contributed by atoms with Crippen molar-refractivity contribution in [3.63, 3.8) is 0 Å². The molecule has 1 spiro atoms. The Labute approximate surface area is 102 Å². The Hall–Kier alpha value is -0.0400. The first-order valence-corrected chi connectivity index (χ1v) is 7.37. The maximum absolute atomic E-state index is 2.52. The lowest BCUT2D eigenvalue weighted by Crippen LogP contribution is -2.69. The molecular weight excluding hydrogens is 194 g/mol. The molecule has 0 amide bonds. The second kappa shape index (κ2) is 4.33. The summed E-state index contributed by atoms with van der Waals surface area (Å²) < 4.78 is 1.44. The maximum Gasteiger partial charge on any atom is 0.0892 e. The van der Waals surface area contributed by atoms with E-state index < -0.39 is 0 Å². The van der Waals surface area contributed by atoms with Gasteiger partial charge in [0.15, 0.2) is 0 Å². The monoisotopic (exact) mass is 224 g/mol. The van der Waals surface area contributed by atoms with E-state index in [-0.39, 0.29) is 0 Å². The molecule has 0 aromatic heterocycles. The first-order chi connectivity index (χ1) is 7.50. The molecule has 16 heavy (non-hydrogen) atoms. The topological polar surface area (TPSA) is 0 Å². The fourth-order valence-electron chi connectivity index (χ4n) is 4.58. The van der Waals surface area contributed by atoms with Crippen LogP contribution in [0.2, 0.25) is 0 Å². The highest BCUT2D eigenvalue weighted by Gasteiger charge is 2.51. The van der Waals surface area contributed by atoms with Crippen LogP contribution in [-0.4, -0.2) is 29.7 Å². The van der Waals surface area contributed by atoms with Crippen molar-refractivity contribution in [2.24, 2.45) is 17.8 Å². The van der Waals surface area contributed by atoms with Gasteiger partial charge in [0, 0.05) is 11.8 Å². The van der Waals surface area contributed by atoms with Gasteiger partial charge >= 0.3 is 0 Å². The van der Waals surface area contributed by atoms with Gasteiger partial charge < -0.3 is 4.48 Å². The molecule has 2 aliphatic heterocycles. The molecule has 4 unspecified atom stereocenters. The van der Waals surface area contributed by atoms with Crippen molar-refractivity contribution in [1.82, 2.24) is 0 Å². The lowest BCUT2D eigenvalue weighted by atomic mass is 9.70. The molecule has 0 bridgehead atoms. The Bertz CT molecular complexity index is 224. The van der Waals surface area contributed by atoms with Crippen molar-refractivity contribution in [3.05, 3.63) is 0 Å². The van der Waals surface area contributed by atoms with Crippen LogP contribution in [0.25, 0.3) is 0 Å². The zero-order valence-corrected chi connectivity index (χ0v) is 11.9. The summed E-state index contributed by atoms with van der Waals surface area (Å²) in [6.45, 7) is 15.4. The number of piperidine rings is 2. The average molecular weight is 224 g/mol. The van der Waals surface area contributed by atoms with Crippen molar-refractivity contribution in [1.29, 1.82) is 0 Å². The molecule has 0 aromatic rings. The van der Waals surface area contributed by atoms with E-state index in [0.29, 0.717) is 0 Å². The molecule has 4 atom stereocenters. The Kier molecular flexibility index (Phi) is 3.36. The molecule has 1 nitrogen and oxygen atoms in total. The van der Waals surface area contributed by atoms with Gasteiger partial charge in [-0.1, -0.05) is 20.8 Å². The number of quaternary nitrogens is 1. The Morgan fingerprint density at radius 2 is 1.06 bits per heavy atom. The molecule has 2 fully saturated rings. The van der Waals surface area contributed by atoms with Crippen LogP contribution in [0, 0.1) is 17.8 Å². The molecule has 0 saturated carbocycles. The Morgan fingerprint density at radius 1 is 0.625 bits per heavy atom. The SMILES string of the molecule is CC1C(C)C(C)[N+]2(CCCCC2)C(C)C1C. The first kappa shape index (κ1) is 12.4. The van der Waals surface area contributed by atoms with E-state index in [0.717, 1.165) is 29.8 Å². The third-order valence-electron chi connectivity index (χ3n) is 6.45. The van der Waals surface area contributed by atoms with Gasteiger partial charge in [0.05, 0.1) is 25.2 Å². The van der Waals surface area contributed by atoms with Crippen LogP contribution in [0.3, 0.4) is 0 Å². The maximum atomic E-state index is 2.52. The van der Waals surface area contributed by atoms with Gasteiger partial charge in [-0.15, -0.1) is 0 Å². The standard InChI is InChI=1S/C15H30N/c1-11-12(2)14(4)16(15(5)13(11)3)9-7-6-8-10-16/h11-15H,6-10H2,1-5H3/q+1. The number of hydrogen-bond acceptors (Lipinski definition) is 0. The van der Waals surface area contributed by atoms with Crippen LogP contribution in [0.1, 0.15) is 53.9 Å². The summed E-state index contributed by atoms with van der Waals surface area (Å²) in [7, 11) is 0. The quantitative estimate of drug-likeness (QED) is 0.551. The van der Waals surface area contributed by atoms with Crippen molar-refractivity contribution >= 4 is 0 Å². The van der Waals surface area contributed by atoms with E-state index in [1.165, 1.54) is 36.8 Å². The number of hydrogen-bond donors (Lipinski definition) is 0. The zero-order valence-electron chi connectivity index (χ0n) is 11.9. The molecule has 2 rings (SSSR count). The number of nitrogens with zero attached hydrogens (tertiary/aromatic N) is 1. The summed E-state index contributed by atoms with van der Waals surface area (Å²) in [4.78, 5) is 0. The van der Waals surface area contributed by atoms with Gasteiger partial charge in [-0.2, -0.15) is 0 Å². The summed E-state index contributed by atoms with van der Waals surface area (Å²) in [5.74, 6) is 2.68. The molecule has 94 valence electrons. The molecular formula is C15H30N+. The highest BCUT2D eigenvalue weighted by molar-refractivity contribution is 4.85. The largest absolute Gasteiger partial charge is 0.319 e. The van der Waals surface area contributed by atoms with Crippen molar-refractivity contribution < 1.29 is 4.48 Å². The highest BCUT2D eigenvalue weighted by atomic mass is 15.4. The summed E-state index contributed by atoms with van der Waals surface area (Å²) in [6, 6.07) is 1.75. The molecule has 0 N–H and O–H groups in total. The Morgan fingerprint density at radius 3 is 1.50 bits per heavy atom. The first-order valence-electron chi connectivity index (χ1n) is 7.37. The van der Waals surface area contributed by atoms with E-state index in [1.54, 1.807) is 0 Å². The van der Waals surface area contributed by atoms with E-state index in [9.17, 15) is 0 Å². The van der Waals surface area contributed by atoms with E-state index >= 15 is 0 Å². The van der Waals surface area contributed by atoms with Crippen LogP contribution in [0.15, 0.2) is 0 Å². The lowest BCUT2D eigenvalue weighted by Gasteiger charge is -2.59. The van der Waals surface area contributed by atoms with Gasteiger partial charge in [0.25, 0.3) is 0 Å². The van der Waals surface area contributed by atoms with Gasteiger partial charge in [0.2, 0.25) is 0 Å². The van der Waals surface area contributed by atoms with Crippen molar-refractivity contribution in [3.8, 4) is 0 Å². The number of rotatable bonds is 0.